The first-order valence-electron chi connectivity index (χ1n) is 6.02. The van der Waals surface area contributed by atoms with Crippen LogP contribution in [0.3, 0.4) is 0 Å². The van der Waals surface area contributed by atoms with E-state index < -0.39 is 5.97 Å². The second-order valence-electron chi connectivity index (χ2n) is 4.35. The van der Waals surface area contributed by atoms with Crippen LogP contribution in [-0.2, 0) is 11.2 Å². The Labute approximate surface area is 131 Å². The zero-order chi connectivity index (χ0) is 14.7. The minimum Gasteiger partial charge on any atom is -0.465 e. The molecule has 2 aromatic heterocycles. The highest BCUT2D eigenvalue weighted by atomic mass is 35.5. The van der Waals surface area contributed by atoms with Gasteiger partial charge in [-0.3, -0.25) is 0 Å². The molecule has 0 bridgehead atoms. The summed E-state index contributed by atoms with van der Waals surface area (Å²) >= 11 is 8.97. The maximum atomic E-state index is 11.5. The number of thiazole rings is 1. The molecule has 0 saturated carbocycles. The largest absolute Gasteiger partial charge is 0.465 e. The zero-order valence-corrected chi connectivity index (χ0v) is 13.8. The number of nitrogens with zero attached hydrogens (tertiary/aromatic N) is 2. The van der Waals surface area contributed by atoms with E-state index in [-0.39, 0.29) is 11.2 Å². The average Bonchev–Trinajstić information content (AvgIpc) is 3.06. The van der Waals surface area contributed by atoms with Crippen LogP contribution in [0.2, 0.25) is 5.15 Å². The smallest absolute Gasteiger partial charge is 0.351 e. The van der Waals surface area contributed by atoms with Crippen molar-refractivity contribution in [1.82, 2.24) is 4.98 Å². The third-order valence-corrected chi connectivity index (χ3v) is 5.40. The Morgan fingerprint density at radius 2 is 2.35 bits per heavy atom. The molecule has 108 valence electrons. The van der Waals surface area contributed by atoms with Crippen molar-refractivity contribution in [3.05, 3.63) is 32.4 Å². The van der Waals surface area contributed by atoms with Gasteiger partial charge in [-0.1, -0.05) is 29.0 Å². The van der Waals surface area contributed by atoms with Crippen molar-refractivity contribution in [2.24, 2.45) is 0 Å². The molecule has 1 atom stereocenters. The SMILES string of the molecule is COC(=O)c1sc(N(C)C(C)Cc2cccs2)nc1Cl. The van der Waals surface area contributed by atoms with Crippen LogP contribution in [0.4, 0.5) is 5.13 Å². The summed E-state index contributed by atoms with van der Waals surface area (Å²) in [5.74, 6) is -0.446. The summed E-state index contributed by atoms with van der Waals surface area (Å²) in [5.41, 5.74) is 0. The van der Waals surface area contributed by atoms with Crippen molar-refractivity contribution in [1.29, 1.82) is 0 Å². The Morgan fingerprint density at radius 3 is 2.95 bits per heavy atom. The molecule has 1 unspecified atom stereocenters. The van der Waals surface area contributed by atoms with Gasteiger partial charge in [-0.15, -0.1) is 11.3 Å². The van der Waals surface area contributed by atoms with Gasteiger partial charge in [0.05, 0.1) is 7.11 Å². The second-order valence-corrected chi connectivity index (χ2v) is 6.72. The highest BCUT2D eigenvalue weighted by Gasteiger charge is 2.21. The number of rotatable bonds is 5. The summed E-state index contributed by atoms with van der Waals surface area (Å²) in [6.07, 6.45) is 0.929. The van der Waals surface area contributed by atoms with E-state index in [9.17, 15) is 4.79 Å². The number of carbonyl (C=O) groups is 1. The van der Waals surface area contributed by atoms with Crippen LogP contribution in [0.25, 0.3) is 0 Å². The lowest BCUT2D eigenvalue weighted by Crippen LogP contribution is -2.30. The summed E-state index contributed by atoms with van der Waals surface area (Å²) in [6.45, 7) is 2.12. The van der Waals surface area contributed by atoms with Gasteiger partial charge in [0.15, 0.2) is 15.2 Å². The first-order valence-corrected chi connectivity index (χ1v) is 8.10. The first-order chi connectivity index (χ1) is 9.52. The van der Waals surface area contributed by atoms with Gasteiger partial charge in [-0.25, -0.2) is 9.78 Å². The number of methoxy groups -OCH3 is 1. The molecular formula is C13H15ClN2O2S2. The molecule has 0 amide bonds. The van der Waals surface area contributed by atoms with Gasteiger partial charge in [0, 0.05) is 24.4 Å². The molecule has 0 aliphatic carbocycles. The highest BCUT2D eigenvalue weighted by Crippen LogP contribution is 2.31. The number of anilines is 1. The number of ether oxygens (including phenoxy) is 1. The Balaban J connectivity index is 2.12. The Kier molecular flexibility index (Phi) is 5.01. The van der Waals surface area contributed by atoms with Crippen LogP contribution in [0.5, 0.6) is 0 Å². The maximum Gasteiger partial charge on any atom is 0.351 e. The number of likely N-dealkylation sites (N-methyl/N-ethyl adjacent to an activating group) is 1. The fraction of sp³-hybridized carbons (Fsp3) is 0.385. The van der Waals surface area contributed by atoms with Gasteiger partial charge in [-0.2, -0.15) is 0 Å². The van der Waals surface area contributed by atoms with E-state index in [1.807, 2.05) is 18.0 Å². The molecule has 0 saturated heterocycles. The highest BCUT2D eigenvalue weighted by molar-refractivity contribution is 7.18. The summed E-state index contributed by atoms with van der Waals surface area (Å²) in [7, 11) is 3.29. The van der Waals surface area contributed by atoms with Crippen molar-refractivity contribution in [3.8, 4) is 0 Å². The number of aromatic nitrogens is 1. The minimum absolute atomic E-state index is 0.201. The van der Waals surface area contributed by atoms with E-state index in [0.717, 1.165) is 11.6 Å². The number of esters is 1. The van der Waals surface area contributed by atoms with Crippen LogP contribution >= 0.6 is 34.3 Å². The van der Waals surface area contributed by atoms with Crippen LogP contribution in [0, 0.1) is 0 Å². The monoisotopic (exact) mass is 330 g/mol. The van der Waals surface area contributed by atoms with E-state index in [2.05, 4.69) is 28.1 Å². The van der Waals surface area contributed by atoms with E-state index in [1.54, 1.807) is 11.3 Å². The molecule has 7 heteroatoms. The first kappa shape index (κ1) is 15.3. The van der Waals surface area contributed by atoms with Crippen molar-refractivity contribution in [3.63, 3.8) is 0 Å². The lowest BCUT2D eigenvalue weighted by atomic mass is 10.2. The Bertz CT molecular complexity index is 583. The fourth-order valence-corrected chi connectivity index (χ4v) is 3.80. The standard InChI is InChI=1S/C13H15ClN2O2S2/c1-8(7-9-5-4-6-19-9)16(2)13-15-11(14)10(20-13)12(17)18-3/h4-6,8H,7H2,1-3H3. The third-order valence-electron chi connectivity index (χ3n) is 2.98. The predicted molar refractivity (Wildman–Crippen MR) is 84.4 cm³/mol. The normalized spacial score (nSPS) is 12.2. The summed E-state index contributed by atoms with van der Waals surface area (Å²) in [6, 6.07) is 4.42. The number of carbonyl (C=O) groups excluding carboxylic acids is 1. The zero-order valence-electron chi connectivity index (χ0n) is 11.4. The molecule has 0 spiro atoms. The molecule has 2 heterocycles. The van der Waals surface area contributed by atoms with Crippen LogP contribution in [0.15, 0.2) is 17.5 Å². The number of hydrogen-bond acceptors (Lipinski definition) is 6. The van der Waals surface area contributed by atoms with Crippen molar-refractivity contribution < 1.29 is 9.53 Å². The summed E-state index contributed by atoms with van der Waals surface area (Å²) in [5, 5.41) is 2.99. The summed E-state index contributed by atoms with van der Waals surface area (Å²) in [4.78, 5) is 19.5. The van der Waals surface area contributed by atoms with E-state index in [4.69, 9.17) is 11.6 Å². The molecule has 0 radical (unpaired) electrons. The van der Waals surface area contributed by atoms with Gasteiger partial charge < -0.3 is 9.64 Å². The predicted octanol–water partition coefficient (Wildman–Crippen LogP) is 3.71. The number of thiophene rings is 1. The average molecular weight is 331 g/mol. The molecule has 4 nitrogen and oxygen atoms in total. The quantitative estimate of drug-likeness (QED) is 0.784. The topological polar surface area (TPSA) is 42.4 Å². The molecule has 0 aromatic carbocycles. The molecule has 0 N–H and O–H groups in total. The molecule has 2 aromatic rings. The molecule has 0 aliphatic rings. The molecule has 0 aliphatic heterocycles. The fourth-order valence-electron chi connectivity index (χ4n) is 1.71. The minimum atomic E-state index is -0.446. The lowest BCUT2D eigenvalue weighted by molar-refractivity contribution is 0.0606. The number of hydrogen-bond donors (Lipinski definition) is 0. The van der Waals surface area contributed by atoms with Gasteiger partial charge in [0.1, 0.15) is 0 Å². The van der Waals surface area contributed by atoms with Gasteiger partial charge >= 0.3 is 5.97 Å². The van der Waals surface area contributed by atoms with E-state index >= 15 is 0 Å². The van der Waals surface area contributed by atoms with Gasteiger partial charge in [0.2, 0.25) is 0 Å². The van der Waals surface area contributed by atoms with E-state index in [1.165, 1.54) is 23.3 Å². The van der Waals surface area contributed by atoms with Crippen LogP contribution < -0.4 is 4.90 Å². The molecule has 0 fully saturated rings. The Hall–Kier alpha value is -1.11. The van der Waals surface area contributed by atoms with Gasteiger partial charge in [-0.05, 0) is 18.4 Å². The summed E-state index contributed by atoms with van der Waals surface area (Å²) < 4.78 is 4.69. The van der Waals surface area contributed by atoms with Crippen molar-refractivity contribution >= 4 is 45.4 Å². The number of halogens is 1. The second kappa shape index (κ2) is 6.56. The lowest BCUT2D eigenvalue weighted by Gasteiger charge is -2.23. The van der Waals surface area contributed by atoms with Crippen LogP contribution in [-0.4, -0.2) is 31.2 Å². The van der Waals surface area contributed by atoms with E-state index in [0.29, 0.717) is 4.88 Å². The van der Waals surface area contributed by atoms with Crippen molar-refractivity contribution in [2.45, 2.75) is 19.4 Å². The maximum absolute atomic E-state index is 11.5. The molecular weight excluding hydrogens is 316 g/mol. The van der Waals surface area contributed by atoms with Gasteiger partial charge in [0.25, 0.3) is 0 Å². The Morgan fingerprint density at radius 1 is 1.60 bits per heavy atom. The van der Waals surface area contributed by atoms with Crippen molar-refractivity contribution in [2.75, 3.05) is 19.1 Å². The molecule has 2 rings (SSSR count). The molecule has 20 heavy (non-hydrogen) atoms. The third kappa shape index (κ3) is 3.31. The van der Waals surface area contributed by atoms with Crippen LogP contribution in [0.1, 0.15) is 21.5 Å².